The van der Waals surface area contributed by atoms with Crippen LogP contribution in [0.3, 0.4) is 0 Å². The van der Waals surface area contributed by atoms with Crippen LogP contribution in [-0.2, 0) is 5.41 Å². The Balaban J connectivity index is 0.648. The summed E-state index contributed by atoms with van der Waals surface area (Å²) in [6, 6.07) is 183. The third-order valence-corrected chi connectivity index (χ3v) is 30.0. The van der Waals surface area contributed by atoms with Crippen molar-refractivity contribution in [3.05, 3.63) is 525 Å². The normalized spacial score (nSPS) is 13.2. The monoisotopic (exact) mass is 1850 g/mol. The molecule has 144 heavy (non-hydrogen) atoms. The summed E-state index contributed by atoms with van der Waals surface area (Å²) < 4.78 is 2.53. The van der Waals surface area contributed by atoms with E-state index in [2.05, 4.69) is 558 Å². The molecule has 3 heteroatoms. The van der Waals surface area contributed by atoms with E-state index in [1.165, 1.54) is 144 Å². The van der Waals surface area contributed by atoms with Gasteiger partial charge in [-0.25, -0.2) is 0 Å². The van der Waals surface area contributed by atoms with Crippen LogP contribution in [0.4, 0.5) is 34.1 Å². The van der Waals surface area contributed by atoms with Crippen LogP contribution < -0.4 is 9.80 Å². The minimum atomic E-state index is -0.164. The number of para-hydroxylation sites is 4. The third-order valence-electron chi connectivity index (χ3n) is 30.0. The van der Waals surface area contributed by atoms with Crippen molar-refractivity contribution >= 4 is 80.2 Å². The Labute approximate surface area is 850 Å². The van der Waals surface area contributed by atoms with E-state index in [9.17, 15) is 0 Å². The number of unbranched alkanes of at least 4 members (excludes halogenated alkanes) is 2. The van der Waals surface area contributed by atoms with Crippen molar-refractivity contribution in [3.63, 3.8) is 0 Å². The molecule has 21 aromatic rings. The lowest BCUT2D eigenvalue weighted by Gasteiger charge is -2.38. The fraction of sp³-hybridized carbons (Fsp3) is 0.121. The SMILES string of the molecule is CCCCC(CC)CC1(CC(CC)CCCC)c2ccc(-c3cccc(/C=C/c4ccc(/C=C/c5ccccc5-c5ccc(N(c6ccccc6)c6ccccc6)cc5)cc4)c3)cc2-c2cc(-c3ccc4c(c3)c3cc(-c5ccc(N(c6ccccc6)c6ccccc6)cc5)ccc3n4-c3ccc(-c4c(-c5ccccc5)c(-c5ccccc5)c(-c5ccccc5)c(-c5ccccc5)c4-c4ccccc4)cc3)ccc21. The summed E-state index contributed by atoms with van der Waals surface area (Å²) in [5, 5.41) is 2.39. The van der Waals surface area contributed by atoms with E-state index in [-0.39, 0.29) is 5.41 Å². The summed E-state index contributed by atoms with van der Waals surface area (Å²) in [4.78, 5) is 4.65. The predicted octanol–water partition coefficient (Wildman–Crippen LogP) is 40.2. The van der Waals surface area contributed by atoms with Gasteiger partial charge in [0.15, 0.2) is 0 Å². The first-order valence-electron chi connectivity index (χ1n) is 51.9. The summed E-state index contributed by atoms with van der Waals surface area (Å²) in [6.07, 6.45) is 21.0. The van der Waals surface area contributed by atoms with Gasteiger partial charge < -0.3 is 14.4 Å². The van der Waals surface area contributed by atoms with Crippen molar-refractivity contribution in [2.45, 2.75) is 97.3 Å². The van der Waals surface area contributed by atoms with Gasteiger partial charge in [-0.1, -0.05) is 467 Å². The Bertz CT molecular complexity index is 7870. The van der Waals surface area contributed by atoms with E-state index in [0.29, 0.717) is 11.8 Å². The number of nitrogens with zero attached hydrogens (tertiary/aromatic N) is 3. The zero-order valence-corrected chi connectivity index (χ0v) is 82.6. The molecule has 0 bridgehead atoms. The molecule has 0 amide bonds. The zero-order chi connectivity index (χ0) is 97.1. The van der Waals surface area contributed by atoms with Gasteiger partial charge >= 0.3 is 0 Å². The molecule has 0 aliphatic heterocycles. The van der Waals surface area contributed by atoms with Gasteiger partial charge in [0.2, 0.25) is 0 Å². The van der Waals surface area contributed by atoms with Crippen LogP contribution in [0.2, 0.25) is 0 Å². The van der Waals surface area contributed by atoms with Crippen molar-refractivity contribution in [3.8, 4) is 128 Å². The lowest BCUT2D eigenvalue weighted by Crippen LogP contribution is -2.31. The number of aromatic nitrogens is 1. The molecule has 22 rings (SSSR count). The van der Waals surface area contributed by atoms with Crippen LogP contribution in [0.15, 0.2) is 491 Å². The van der Waals surface area contributed by atoms with Gasteiger partial charge in [-0.3, -0.25) is 0 Å². The fourth-order valence-corrected chi connectivity index (χ4v) is 22.8. The molecule has 20 aromatic carbocycles. The molecule has 1 aromatic heterocycles. The first-order chi connectivity index (χ1) is 71.2. The Kier molecular flexibility index (Phi) is 27.2. The summed E-state index contributed by atoms with van der Waals surface area (Å²) in [7, 11) is 0. The molecule has 0 spiro atoms. The van der Waals surface area contributed by atoms with Gasteiger partial charge in [-0.2, -0.15) is 0 Å². The molecule has 1 heterocycles. The Hall–Kier alpha value is -16.7. The van der Waals surface area contributed by atoms with Gasteiger partial charge in [0.25, 0.3) is 0 Å². The second-order valence-corrected chi connectivity index (χ2v) is 38.9. The highest BCUT2D eigenvalue weighted by molar-refractivity contribution is 6.16. The van der Waals surface area contributed by atoms with Crippen LogP contribution in [0.1, 0.15) is 125 Å². The van der Waals surface area contributed by atoms with Crippen LogP contribution in [0, 0.1) is 11.8 Å². The molecule has 3 nitrogen and oxygen atoms in total. The molecular weight excluding hydrogens is 1740 g/mol. The first kappa shape index (κ1) is 92.3. The average molecular weight is 1860 g/mol. The van der Waals surface area contributed by atoms with Gasteiger partial charge in [0, 0.05) is 56.0 Å². The van der Waals surface area contributed by atoms with Gasteiger partial charge in [0.1, 0.15) is 0 Å². The van der Waals surface area contributed by atoms with Crippen molar-refractivity contribution in [1.29, 1.82) is 0 Å². The standard InChI is InChI=1S/C141H119N3/c1-5-9-41-100(7-3)98-141(99-101(8-4)42-10-6-2)131-89-79-116(114-55-40-43-104(93-114)70-69-102-65-67-103(68-66-102)71-72-106-44-38-39-64-126(106)107-75-85-124(86-76-107)143(121-60-34-18-35-61-121)122-62-36-19-37-63-122)94-127(131)128-95-117(80-90-132(128)141)118-82-92-134-130(97-118)129-96-115(105-73-83-123(84-74-105)142(119-56-30-16-31-57-119)120-58-32-17-33-59-120)81-91-133(129)144(134)125-87-77-113(78-88-125)140-138(111-51-26-14-27-52-111)136(109-47-22-12-23-48-109)135(108-45-20-11-21-46-108)137(110-49-24-13-25-50-110)139(140)112-53-28-15-29-54-112/h11-40,43-97,100-101H,5-10,41-42,98-99H2,1-4H3/b70-69+,72-71+. The van der Waals surface area contributed by atoms with E-state index < -0.39 is 0 Å². The summed E-state index contributed by atoms with van der Waals surface area (Å²) in [5.74, 6) is 1.17. The topological polar surface area (TPSA) is 11.4 Å². The van der Waals surface area contributed by atoms with Gasteiger partial charge in [0.05, 0.1) is 11.0 Å². The molecule has 2 atom stereocenters. The van der Waals surface area contributed by atoms with Crippen LogP contribution in [-0.4, -0.2) is 4.57 Å². The van der Waals surface area contributed by atoms with E-state index >= 15 is 0 Å². The average Bonchev–Trinajstić information content (AvgIpc) is 1.34. The molecule has 0 saturated heterocycles. The maximum absolute atomic E-state index is 2.61. The second-order valence-electron chi connectivity index (χ2n) is 38.9. The minimum Gasteiger partial charge on any atom is -0.311 e. The fourth-order valence-electron chi connectivity index (χ4n) is 22.8. The molecule has 2 unspecified atom stereocenters. The van der Waals surface area contributed by atoms with Crippen LogP contribution >= 0.6 is 0 Å². The first-order valence-corrected chi connectivity index (χ1v) is 51.9. The highest BCUT2D eigenvalue weighted by Crippen LogP contribution is 2.60. The number of fused-ring (bicyclic) bond motifs is 6. The number of benzene rings is 20. The molecule has 0 saturated carbocycles. The van der Waals surface area contributed by atoms with Crippen LogP contribution in [0.25, 0.3) is 174 Å². The zero-order valence-electron chi connectivity index (χ0n) is 82.6. The second kappa shape index (κ2) is 42.4. The molecule has 0 N–H and O–H groups in total. The smallest absolute Gasteiger partial charge is 0.0541 e. The quantitative estimate of drug-likeness (QED) is 0.0380. The van der Waals surface area contributed by atoms with Crippen LogP contribution in [0.5, 0.6) is 0 Å². The molecule has 0 radical (unpaired) electrons. The molecule has 1 aliphatic carbocycles. The van der Waals surface area contributed by atoms with E-state index in [0.717, 1.165) is 138 Å². The maximum atomic E-state index is 2.61. The van der Waals surface area contributed by atoms with Gasteiger partial charge in [-0.15, -0.1) is 0 Å². The number of hydrogen-bond acceptors (Lipinski definition) is 2. The molecule has 0 fully saturated rings. The lowest BCUT2D eigenvalue weighted by atomic mass is 9.65. The van der Waals surface area contributed by atoms with Crippen molar-refractivity contribution < 1.29 is 0 Å². The highest BCUT2D eigenvalue weighted by Gasteiger charge is 2.46. The minimum absolute atomic E-state index is 0.164. The molecule has 698 valence electrons. The predicted molar refractivity (Wildman–Crippen MR) is 617 cm³/mol. The largest absolute Gasteiger partial charge is 0.311 e. The summed E-state index contributed by atoms with van der Waals surface area (Å²) in [5.41, 5.74) is 43.8. The summed E-state index contributed by atoms with van der Waals surface area (Å²) >= 11 is 0. The third kappa shape index (κ3) is 18.9. The van der Waals surface area contributed by atoms with Gasteiger partial charge in [-0.05, 0) is 308 Å². The number of anilines is 6. The Morgan fingerprint density at radius 1 is 0.229 bits per heavy atom. The van der Waals surface area contributed by atoms with E-state index in [1.807, 2.05) is 0 Å². The van der Waals surface area contributed by atoms with E-state index in [4.69, 9.17) is 0 Å². The molecular formula is C141H119N3. The highest BCUT2D eigenvalue weighted by atomic mass is 15.1. The summed E-state index contributed by atoms with van der Waals surface area (Å²) in [6.45, 7) is 9.66. The lowest BCUT2D eigenvalue weighted by molar-refractivity contribution is 0.266. The number of rotatable bonds is 33. The molecule has 1 aliphatic rings. The number of hydrogen-bond donors (Lipinski definition) is 0. The Morgan fingerprint density at radius 2 is 0.528 bits per heavy atom. The van der Waals surface area contributed by atoms with Crippen molar-refractivity contribution in [2.75, 3.05) is 9.80 Å². The van der Waals surface area contributed by atoms with E-state index in [1.54, 1.807) is 0 Å². The maximum Gasteiger partial charge on any atom is 0.0541 e. The van der Waals surface area contributed by atoms with Crippen molar-refractivity contribution in [2.24, 2.45) is 11.8 Å². The van der Waals surface area contributed by atoms with Crippen molar-refractivity contribution in [1.82, 2.24) is 4.57 Å². The Morgan fingerprint density at radius 3 is 0.917 bits per heavy atom.